The fourth-order valence-electron chi connectivity index (χ4n) is 6.61. The highest BCUT2D eigenvalue weighted by Crippen LogP contribution is 2.67. The second kappa shape index (κ2) is 5.17. The Hall–Kier alpha value is -0.660. The van der Waals surface area contributed by atoms with Crippen LogP contribution in [0.3, 0.4) is 0 Å². The maximum atomic E-state index is 12.8. The van der Waals surface area contributed by atoms with Crippen molar-refractivity contribution in [2.75, 3.05) is 0 Å². The van der Waals surface area contributed by atoms with Crippen LogP contribution in [0.5, 0.6) is 0 Å². The molecule has 0 aliphatic heterocycles. The Balaban J connectivity index is 1.71. The molecular formula is C21H32O2. The van der Waals surface area contributed by atoms with Gasteiger partial charge >= 0.3 is 0 Å². The highest BCUT2D eigenvalue weighted by Gasteiger charge is 2.60. The van der Waals surface area contributed by atoms with E-state index in [1.165, 1.54) is 0 Å². The van der Waals surface area contributed by atoms with E-state index in [0.29, 0.717) is 32.1 Å². The molecule has 0 spiro atoms. The third-order valence-corrected chi connectivity index (χ3v) is 7.86. The van der Waals surface area contributed by atoms with Gasteiger partial charge in [-0.2, -0.15) is 0 Å². The standard InChI is InChI=1S/C21H32O2/c1-13(22)17-6-7-18-16-5-4-14-12-15(23)8-10-20(14,2)19(16)9-11-21(17,18)3/h14,16-19H,4-12H2,1-3H3/t14?,16-,17+,18-,19-,20-,21+/m0/s1/i1D3,8D2,12D2,17D. The van der Waals surface area contributed by atoms with Gasteiger partial charge in [-0.15, -0.1) is 0 Å². The molecule has 4 saturated carbocycles. The predicted molar refractivity (Wildman–Crippen MR) is 90.9 cm³/mol. The summed E-state index contributed by atoms with van der Waals surface area (Å²) >= 11 is 0. The van der Waals surface area contributed by atoms with Crippen molar-refractivity contribution in [3.05, 3.63) is 0 Å². The summed E-state index contributed by atoms with van der Waals surface area (Å²) in [5, 5.41) is 0. The number of fused-ring (bicyclic) bond motifs is 5. The van der Waals surface area contributed by atoms with E-state index < -0.39 is 53.8 Å². The first-order valence-electron chi connectivity index (χ1n) is 13.0. The fraction of sp³-hybridized carbons (Fsp3) is 0.905. The number of ketones is 2. The zero-order valence-electron chi connectivity index (χ0n) is 22.1. The number of Topliss-reactive ketones (excluding diaryl/α,β-unsaturated/α-hetero) is 2. The van der Waals surface area contributed by atoms with Crippen molar-refractivity contribution in [2.45, 2.75) is 78.4 Å². The Morgan fingerprint density at radius 1 is 1.13 bits per heavy atom. The van der Waals surface area contributed by atoms with Gasteiger partial charge in [0.2, 0.25) is 0 Å². The summed E-state index contributed by atoms with van der Waals surface area (Å²) in [4.78, 5) is 25.4. The van der Waals surface area contributed by atoms with Crippen LogP contribution in [0.1, 0.15) is 89.4 Å². The van der Waals surface area contributed by atoms with Gasteiger partial charge in [0.1, 0.15) is 11.6 Å². The predicted octanol–water partition coefficient (Wildman–Crippen LogP) is 4.80. The molecule has 0 aromatic heterocycles. The van der Waals surface area contributed by atoms with Crippen molar-refractivity contribution in [3.8, 4) is 0 Å². The van der Waals surface area contributed by atoms with Gasteiger partial charge in [-0.25, -0.2) is 0 Å². The highest BCUT2D eigenvalue weighted by atomic mass is 16.1. The fourth-order valence-corrected chi connectivity index (χ4v) is 6.61. The average Bonchev–Trinajstić information content (AvgIpc) is 2.90. The van der Waals surface area contributed by atoms with Gasteiger partial charge in [-0.3, -0.25) is 9.59 Å². The lowest BCUT2D eigenvalue weighted by atomic mass is 9.44. The van der Waals surface area contributed by atoms with Crippen molar-refractivity contribution >= 4 is 11.6 Å². The van der Waals surface area contributed by atoms with Crippen molar-refractivity contribution < 1.29 is 20.6 Å². The van der Waals surface area contributed by atoms with Gasteiger partial charge in [0.25, 0.3) is 0 Å². The first-order valence-corrected chi connectivity index (χ1v) is 9.03. The van der Waals surface area contributed by atoms with Crippen molar-refractivity contribution in [3.63, 3.8) is 0 Å². The molecular weight excluding hydrogens is 284 g/mol. The Kier molecular flexibility index (Phi) is 2.06. The number of hydrogen-bond acceptors (Lipinski definition) is 2. The molecule has 7 atom stereocenters. The van der Waals surface area contributed by atoms with Gasteiger partial charge in [0.15, 0.2) is 0 Å². The second-order valence-electron chi connectivity index (χ2n) is 8.64. The lowest BCUT2D eigenvalue weighted by molar-refractivity contribution is -0.143. The quantitative estimate of drug-likeness (QED) is 0.694. The van der Waals surface area contributed by atoms with Gasteiger partial charge in [0.05, 0.1) is 0 Å². The maximum absolute atomic E-state index is 12.8. The van der Waals surface area contributed by atoms with Crippen molar-refractivity contribution in [2.24, 2.45) is 40.4 Å². The molecule has 0 heterocycles. The molecule has 0 amide bonds. The van der Waals surface area contributed by atoms with Crippen LogP contribution in [0.25, 0.3) is 0 Å². The molecule has 23 heavy (non-hydrogen) atoms. The monoisotopic (exact) mass is 324 g/mol. The van der Waals surface area contributed by atoms with E-state index in [9.17, 15) is 9.59 Å². The van der Waals surface area contributed by atoms with Gasteiger partial charge < -0.3 is 0 Å². The summed E-state index contributed by atoms with van der Waals surface area (Å²) in [7, 11) is 0. The van der Waals surface area contributed by atoms with Crippen LogP contribution in [0.4, 0.5) is 0 Å². The largest absolute Gasteiger partial charge is 0.300 e. The molecule has 1 unspecified atom stereocenters. The summed E-state index contributed by atoms with van der Waals surface area (Å²) in [6, 6.07) is 0. The molecule has 4 fully saturated rings. The minimum absolute atomic E-state index is 0.00612. The molecule has 0 saturated heterocycles. The molecule has 0 aromatic rings. The summed E-state index contributed by atoms with van der Waals surface area (Å²) in [5.41, 5.74) is -1.45. The average molecular weight is 325 g/mol. The molecule has 4 aliphatic carbocycles. The van der Waals surface area contributed by atoms with E-state index in [1.807, 2.05) is 13.8 Å². The first kappa shape index (κ1) is 9.15. The van der Waals surface area contributed by atoms with E-state index in [1.54, 1.807) is 0 Å². The smallest absolute Gasteiger partial charge is 0.133 e. The molecule has 0 aromatic carbocycles. The maximum Gasteiger partial charge on any atom is 0.133 e. The first-order chi connectivity index (χ1) is 13.9. The zero-order valence-corrected chi connectivity index (χ0v) is 14.1. The van der Waals surface area contributed by atoms with Crippen LogP contribution < -0.4 is 0 Å². The number of carbonyl (C=O) groups is 2. The minimum atomic E-state index is -2.81. The third kappa shape index (κ3) is 2.12. The Labute approximate surface area is 152 Å². The number of rotatable bonds is 1. The lowest BCUT2D eigenvalue weighted by Gasteiger charge is -2.60. The Morgan fingerprint density at radius 2 is 1.91 bits per heavy atom. The summed E-state index contributed by atoms with van der Waals surface area (Å²) in [6.07, 6.45) is -1.41. The van der Waals surface area contributed by atoms with Gasteiger partial charge in [-0.1, -0.05) is 13.8 Å². The molecule has 2 nitrogen and oxygen atoms in total. The zero-order chi connectivity index (χ0) is 23.4. The van der Waals surface area contributed by atoms with E-state index >= 15 is 0 Å². The number of carbonyl (C=O) groups excluding carboxylic acids is 2. The Morgan fingerprint density at radius 3 is 2.70 bits per heavy atom. The SMILES string of the molecule is [2H]C([2H])([2H])C(=O)[C@@]1([2H])CC[C@H]2[C@@H]3CCC4C([2H])([2H])C(=O)C([2H])([2H])C[C@]4(C)[C@H]3CC[C@@]21C. The normalized spacial score (nSPS) is 65.7. The van der Waals surface area contributed by atoms with Crippen LogP contribution in [-0.4, -0.2) is 11.6 Å². The summed E-state index contributed by atoms with van der Waals surface area (Å²) in [6.45, 7) is 1.00. The third-order valence-electron chi connectivity index (χ3n) is 7.86. The molecule has 2 heteroatoms. The molecule has 128 valence electrons. The van der Waals surface area contributed by atoms with Crippen LogP contribution in [-0.2, 0) is 9.59 Å². The molecule has 0 radical (unpaired) electrons. The molecule has 0 N–H and O–H groups in total. The van der Waals surface area contributed by atoms with Gasteiger partial charge in [-0.05, 0) is 86.3 Å². The van der Waals surface area contributed by atoms with E-state index in [0.717, 1.165) is 0 Å². The lowest BCUT2D eigenvalue weighted by Crippen LogP contribution is -2.53. The summed E-state index contributed by atoms with van der Waals surface area (Å²) < 4.78 is 65.2. The van der Waals surface area contributed by atoms with Gasteiger partial charge in [0, 0.05) is 29.6 Å². The van der Waals surface area contributed by atoms with E-state index in [4.69, 9.17) is 11.0 Å². The number of hydrogen-bond donors (Lipinski definition) is 0. The topological polar surface area (TPSA) is 34.1 Å². The second-order valence-corrected chi connectivity index (χ2v) is 8.64. The van der Waals surface area contributed by atoms with E-state index in [-0.39, 0.29) is 30.6 Å². The van der Waals surface area contributed by atoms with Crippen molar-refractivity contribution in [1.82, 2.24) is 0 Å². The van der Waals surface area contributed by atoms with E-state index in [2.05, 4.69) is 0 Å². The van der Waals surface area contributed by atoms with Crippen LogP contribution in [0.2, 0.25) is 0 Å². The minimum Gasteiger partial charge on any atom is -0.300 e. The van der Waals surface area contributed by atoms with Crippen LogP contribution >= 0.6 is 0 Å². The molecule has 0 bridgehead atoms. The van der Waals surface area contributed by atoms with Crippen LogP contribution in [0, 0.1) is 40.4 Å². The molecule has 4 aliphatic rings. The highest BCUT2D eigenvalue weighted by molar-refractivity contribution is 5.80. The summed E-state index contributed by atoms with van der Waals surface area (Å²) in [5.74, 6) is -4.08. The van der Waals surface area contributed by atoms with Crippen molar-refractivity contribution in [1.29, 1.82) is 0 Å². The Bertz CT molecular complexity index is 823. The van der Waals surface area contributed by atoms with Crippen LogP contribution in [0.15, 0.2) is 0 Å². The molecule has 4 rings (SSSR count).